The maximum Gasteiger partial charge on any atom is 0.119 e. The highest BCUT2D eigenvalue weighted by atomic mass is 16.5. The molecular formula is C17H29NO. The molecule has 0 aromatic heterocycles. The van der Waals surface area contributed by atoms with Gasteiger partial charge >= 0.3 is 0 Å². The summed E-state index contributed by atoms with van der Waals surface area (Å²) in [6.07, 6.45) is 1.18. The van der Waals surface area contributed by atoms with E-state index in [0.717, 1.165) is 18.9 Å². The van der Waals surface area contributed by atoms with Gasteiger partial charge in [0.05, 0.1) is 0 Å². The van der Waals surface area contributed by atoms with E-state index in [0.29, 0.717) is 17.9 Å². The van der Waals surface area contributed by atoms with Gasteiger partial charge in [-0.2, -0.15) is 0 Å². The van der Waals surface area contributed by atoms with Crippen LogP contribution in [0.2, 0.25) is 0 Å². The second-order valence-corrected chi connectivity index (χ2v) is 5.60. The highest BCUT2D eigenvalue weighted by Gasteiger charge is 2.12. The third-order valence-corrected chi connectivity index (χ3v) is 3.76. The minimum atomic E-state index is 0.416. The van der Waals surface area contributed by atoms with Gasteiger partial charge in [-0.05, 0) is 42.5 Å². The average molecular weight is 263 g/mol. The first-order chi connectivity index (χ1) is 9.08. The van der Waals surface area contributed by atoms with E-state index in [2.05, 4.69) is 64.2 Å². The number of hydrogen-bond acceptors (Lipinski definition) is 2. The van der Waals surface area contributed by atoms with Crippen LogP contribution in [0.4, 0.5) is 0 Å². The lowest BCUT2D eigenvalue weighted by molar-refractivity contribution is 0.232. The monoisotopic (exact) mass is 263 g/mol. The minimum absolute atomic E-state index is 0.416. The first kappa shape index (κ1) is 16.0. The Morgan fingerprint density at radius 1 is 1.05 bits per heavy atom. The normalized spacial score (nSPS) is 14.4. The SMILES string of the molecule is CCNC(COc1ccc(C(C)CC)cc1)C(C)C. The molecule has 2 unspecified atom stereocenters. The van der Waals surface area contributed by atoms with E-state index in [1.807, 2.05) is 0 Å². The molecular weight excluding hydrogens is 234 g/mol. The Hall–Kier alpha value is -1.02. The summed E-state index contributed by atoms with van der Waals surface area (Å²) in [6, 6.07) is 8.96. The highest BCUT2D eigenvalue weighted by molar-refractivity contribution is 5.29. The van der Waals surface area contributed by atoms with Crippen LogP contribution in [-0.4, -0.2) is 19.2 Å². The van der Waals surface area contributed by atoms with Crippen molar-refractivity contribution in [3.8, 4) is 5.75 Å². The average Bonchev–Trinajstić information content (AvgIpc) is 2.42. The van der Waals surface area contributed by atoms with Crippen molar-refractivity contribution in [1.82, 2.24) is 5.32 Å². The summed E-state index contributed by atoms with van der Waals surface area (Å²) >= 11 is 0. The van der Waals surface area contributed by atoms with Gasteiger partial charge in [-0.25, -0.2) is 0 Å². The summed E-state index contributed by atoms with van der Waals surface area (Å²) in [5, 5.41) is 3.47. The van der Waals surface area contributed by atoms with Gasteiger partial charge in [0, 0.05) is 6.04 Å². The molecule has 108 valence electrons. The Labute approximate surface area is 118 Å². The van der Waals surface area contributed by atoms with E-state index in [-0.39, 0.29) is 0 Å². The van der Waals surface area contributed by atoms with Gasteiger partial charge in [-0.1, -0.05) is 46.8 Å². The van der Waals surface area contributed by atoms with Crippen LogP contribution in [0.3, 0.4) is 0 Å². The van der Waals surface area contributed by atoms with Gasteiger partial charge in [0.25, 0.3) is 0 Å². The molecule has 2 heteroatoms. The molecule has 1 N–H and O–H groups in total. The van der Waals surface area contributed by atoms with Crippen LogP contribution in [0.15, 0.2) is 24.3 Å². The Kier molecular flexibility index (Phi) is 6.93. The number of ether oxygens (including phenoxy) is 1. The summed E-state index contributed by atoms with van der Waals surface area (Å²) in [5.41, 5.74) is 1.39. The van der Waals surface area contributed by atoms with E-state index in [9.17, 15) is 0 Å². The third kappa shape index (κ3) is 5.23. The van der Waals surface area contributed by atoms with Crippen LogP contribution in [0.5, 0.6) is 5.75 Å². The number of rotatable bonds is 8. The van der Waals surface area contributed by atoms with E-state index in [1.54, 1.807) is 0 Å². The number of benzene rings is 1. The maximum atomic E-state index is 5.89. The van der Waals surface area contributed by atoms with Gasteiger partial charge in [0.15, 0.2) is 0 Å². The molecule has 0 heterocycles. The minimum Gasteiger partial charge on any atom is -0.492 e. The lowest BCUT2D eigenvalue weighted by Crippen LogP contribution is -2.38. The number of hydrogen-bond donors (Lipinski definition) is 1. The Morgan fingerprint density at radius 3 is 2.16 bits per heavy atom. The maximum absolute atomic E-state index is 5.89. The van der Waals surface area contributed by atoms with E-state index >= 15 is 0 Å². The molecule has 0 bridgehead atoms. The molecule has 0 radical (unpaired) electrons. The summed E-state index contributed by atoms with van der Waals surface area (Å²) in [5.74, 6) is 2.18. The molecule has 1 aromatic rings. The van der Waals surface area contributed by atoms with Crippen molar-refractivity contribution in [1.29, 1.82) is 0 Å². The molecule has 0 aliphatic heterocycles. The topological polar surface area (TPSA) is 21.3 Å². The van der Waals surface area contributed by atoms with E-state index < -0.39 is 0 Å². The van der Waals surface area contributed by atoms with E-state index in [4.69, 9.17) is 4.74 Å². The van der Waals surface area contributed by atoms with Crippen molar-refractivity contribution in [2.24, 2.45) is 5.92 Å². The zero-order valence-corrected chi connectivity index (χ0v) is 13.1. The van der Waals surface area contributed by atoms with E-state index in [1.165, 1.54) is 12.0 Å². The van der Waals surface area contributed by atoms with Crippen LogP contribution < -0.4 is 10.1 Å². The van der Waals surface area contributed by atoms with Crippen molar-refractivity contribution in [3.05, 3.63) is 29.8 Å². The van der Waals surface area contributed by atoms with Crippen LogP contribution in [0.25, 0.3) is 0 Å². The zero-order valence-electron chi connectivity index (χ0n) is 13.1. The molecule has 1 aromatic carbocycles. The standard InChI is InChI=1S/C17H29NO/c1-6-14(5)15-8-10-16(11-9-15)19-12-17(13(3)4)18-7-2/h8-11,13-14,17-18H,6-7,12H2,1-5H3. The number of likely N-dealkylation sites (N-methyl/N-ethyl adjacent to an activating group) is 1. The van der Waals surface area contributed by atoms with Crippen LogP contribution in [0.1, 0.15) is 52.5 Å². The summed E-state index contributed by atoms with van der Waals surface area (Å²) in [4.78, 5) is 0. The summed E-state index contributed by atoms with van der Waals surface area (Å²) < 4.78 is 5.89. The lowest BCUT2D eigenvalue weighted by Gasteiger charge is -2.22. The fourth-order valence-corrected chi connectivity index (χ4v) is 2.06. The largest absolute Gasteiger partial charge is 0.492 e. The predicted molar refractivity (Wildman–Crippen MR) is 82.9 cm³/mol. The van der Waals surface area contributed by atoms with Gasteiger partial charge in [-0.3, -0.25) is 0 Å². The van der Waals surface area contributed by atoms with Crippen LogP contribution >= 0.6 is 0 Å². The summed E-state index contributed by atoms with van der Waals surface area (Å²) in [7, 11) is 0. The molecule has 0 aliphatic carbocycles. The van der Waals surface area contributed by atoms with Crippen molar-refractivity contribution >= 4 is 0 Å². The molecule has 0 fully saturated rings. The van der Waals surface area contributed by atoms with Gasteiger partial charge in [-0.15, -0.1) is 0 Å². The predicted octanol–water partition coefficient (Wildman–Crippen LogP) is 4.21. The molecule has 0 amide bonds. The smallest absolute Gasteiger partial charge is 0.119 e. The Bertz CT molecular complexity index is 345. The van der Waals surface area contributed by atoms with Gasteiger partial charge < -0.3 is 10.1 Å². The quantitative estimate of drug-likeness (QED) is 0.758. The first-order valence-corrected chi connectivity index (χ1v) is 7.54. The molecule has 1 rings (SSSR count). The molecule has 0 aliphatic rings. The molecule has 2 atom stereocenters. The molecule has 19 heavy (non-hydrogen) atoms. The number of nitrogens with one attached hydrogen (secondary N) is 1. The van der Waals surface area contributed by atoms with Crippen molar-refractivity contribution in [3.63, 3.8) is 0 Å². The Balaban J connectivity index is 2.53. The lowest BCUT2D eigenvalue weighted by atomic mass is 9.99. The zero-order chi connectivity index (χ0) is 14.3. The third-order valence-electron chi connectivity index (χ3n) is 3.76. The van der Waals surface area contributed by atoms with Crippen molar-refractivity contribution in [2.75, 3.05) is 13.2 Å². The molecule has 0 spiro atoms. The van der Waals surface area contributed by atoms with Crippen molar-refractivity contribution < 1.29 is 4.74 Å². The van der Waals surface area contributed by atoms with Gasteiger partial charge in [0.2, 0.25) is 0 Å². The molecule has 0 saturated heterocycles. The molecule has 0 saturated carbocycles. The Morgan fingerprint density at radius 2 is 1.68 bits per heavy atom. The highest BCUT2D eigenvalue weighted by Crippen LogP contribution is 2.21. The fraction of sp³-hybridized carbons (Fsp3) is 0.647. The van der Waals surface area contributed by atoms with Crippen LogP contribution in [-0.2, 0) is 0 Å². The van der Waals surface area contributed by atoms with Gasteiger partial charge in [0.1, 0.15) is 12.4 Å². The summed E-state index contributed by atoms with van der Waals surface area (Å²) in [6.45, 7) is 12.8. The van der Waals surface area contributed by atoms with Crippen LogP contribution in [0, 0.1) is 5.92 Å². The fourth-order valence-electron chi connectivity index (χ4n) is 2.06. The second kappa shape index (κ2) is 8.21. The second-order valence-electron chi connectivity index (χ2n) is 5.60. The van der Waals surface area contributed by atoms with Crippen molar-refractivity contribution in [2.45, 2.75) is 53.0 Å². The first-order valence-electron chi connectivity index (χ1n) is 7.54. The molecule has 2 nitrogen and oxygen atoms in total.